The first-order valence-corrected chi connectivity index (χ1v) is 16.1. The van der Waals surface area contributed by atoms with Crippen LogP contribution in [-0.4, -0.2) is 41.1 Å². The molecule has 2 aromatic carbocycles. The van der Waals surface area contributed by atoms with E-state index >= 15 is 0 Å². The number of benzene rings is 2. The van der Waals surface area contributed by atoms with Crippen molar-refractivity contribution >= 4 is 55.8 Å². The fraction of sp³-hybridized carbons (Fsp3) is 0.314. The molecular weight excluding hydrogens is 646 g/mol. The molecule has 11 heteroatoms. The van der Waals surface area contributed by atoms with Crippen molar-refractivity contribution in [2.45, 2.75) is 51.0 Å². The molecule has 46 heavy (non-hydrogen) atoms. The maximum atomic E-state index is 13.9. The second-order valence-electron chi connectivity index (χ2n) is 11.9. The highest BCUT2D eigenvalue weighted by Gasteiger charge is 2.44. The van der Waals surface area contributed by atoms with Gasteiger partial charge in [-0.25, -0.2) is 19.7 Å². The van der Waals surface area contributed by atoms with Crippen LogP contribution in [0, 0.1) is 17.2 Å². The number of nitrogens with one attached hydrogen (secondary N) is 1. The second kappa shape index (κ2) is 12.5. The number of rotatable bonds is 10. The number of aryl methyl sites for hydroxylation is 3. The molecule has 5 aromatic rings. The topological polar surface area (TPSA) is 139 Å². The monoisotopic (exact) mass is 679 g/mol. The fourth-order valence-electron chi connectivity index (χ4n) is 6.44. The lowest BCUT2D eigenvalue weighted by Crippen LogP contribution is -2.52. The van der Waals surface area contributed by atoms with Crippen molar-refractivity contribution in [3.05, 3.63) is 81.9 Å². The van der Waals surface area contributed by atoms with Crippen LogP contribution in [0.15, 0.2) is 59.3 Å². The highest BCUT2D eigenvalue weighted by atomic mass is 79.9. The van der Waals surface area contributed by atoms with Crippen molar-refractivity contribution in [1.29, 1.82) is 5.26 Å². The summed E-state index contributed by atoms with van der Waals surface area (Å²) in [5, 5.41) is 22.9. The van der Waals surface area contributed by atoms with Crippen LogP contribution in [0.2, 0.25) is 0 Å². The Kier molecular flexibility index (Phi) is 8.49. The van der Waals surface area contributed by atoms with Gasteiger partial charge in [0.1, 0.15) is 5.82 Å². The van der Waals surface area contributed by atoms with Crippen LogP contribution in [0.3, 0.4) is 0 Å². The Bertz CT molecular complexity index is 2050. The van der Waals surface area contributed by atoms with Crippen LogP contribution in [0.4, 0.5) is 0 Å². The molecule has 1 saturated carbocycles. The molecule has 3 heterocycles. The number of carbonyl (C=O) groups is 2. The third kappa shape index (κ3) is 5.69. The Balaban J connectivity index is 1.35. The highest BCUT2D eigenvalue weighted by molar-refractivity contribution is 9.10. The number of aliphatic carboxylic acids is 1. The van der Waals surface area contributed by atoms with E-state index in [-0.39, 0.29) is 11.8 Å². The summed E-state index contributed by atoms with van der Waals surface area (Å²) < 4.78 is 4.82. The first-order chi connectivity index (χ1) is 22.1. The zero-order valence-corrected chi connectivity index (χ0v) is 27.5. The van der Waals surface area contributed by atoms with E-state index in [2.05, 4.69) is 37.3 Å². The van der Waals surface area contributed by atoms with E-state index in [0.717, 1.165) is 87.2 Å². The quantitative estimate of drug-likeness (QED) is 0.157. The smallest absolute Gasteiger partial charge is 0.328 e. The number of amides is 1. The zero-order chi connectivity index (χ0) is 32.6. The van der Waals surface area contributed by atoms with Gasteiger partial charge in [0.25, 0.3) is 5.91 Å². The van der Waals surface area contributed by atoms with E-state index < -0.39 is 11.5 Å². The molecule has 1 unspecified atom stereocenters. The van der Waals surface area contributed by atoms with Gasteiger partial charge in [0.05, 0.1) is 32.8 Å². The first-order valence-electron chi connectivity index (χ1n) is 15.3. The Morgan fingerprint density at radius 1 is 1.13 bits per heavy atom. The molecule has 0 bridgehead atoms. The predicted molar refractivity (Wildman–Crippen MR) is 180 cm³/mol. The number of halogens is 1. The third-order valence-electron chi connectivity index (χ3n) is 9.13. The van der Waals surface area contributed by atoms with Crippen LogP contribution >= 0.6 is 15.9 Å². The zero-order valence-electron chi connectivity index (χ0n) is 25.9. The number of carboxylic acids is 1. The van der Waals surface area contributed by atoms with Gasteiger partial charge in [0.15, 0.2) is 5.82 Å². The Labute approximate surface area is 274 Å². The maximum absolute atomic E-state index is 13.9. The molecule has 1 atom stereocenters. The first kappa shape index (κ1) is 31.2. The number of imidazole rings is 1. The van der Waals surface area contributed by atoms with E-state index in [9.17, 15) is 14.9 Å². The molecule has 1 amide bonds. The maximum Gasteiger partial charge on any atom is 0.328 e. The highest BCUT2D eigenvalue weighted by Crippen LogP contribution is 2.42. The molecule has 1 aliphatic carbocycles. The van der Waals surface area contributed by atoms with Gasteiger partial charge in [-0.1, -0.05) is 19.1 Å². The van der Waals surface area contributed by atoms with Gasteiger partial charge < -0.3 is 19.6 Å². The second-order valence-corrected chi connectivity index (χ2v) is 12.8. The van der Waals surface area contributed by atoms with Crippen LogP contribution in [-0.2, 0) is 30.8 Å². The van der Waals surface area contributed by atoms with Crippen LogP contribution < -0.4 is 5.32 Å². The summed E-state index contributed by atoms with van der Waals surface area (Å²) in [6.45, 7) is 2.03. The standard InChI is InChI=1S/C35H34BrN7O3/c1-4-21(18-37)6-10-26-25-11-9-23(17-28(25)42(2)31(26)32-38-19-24(36)20-39-32)33(46)41-35(14-5-15-35)34-40-27-12-7-22(8-13-30(44)45)16-29(27)43(34)3/h7-9,11-13,16-17,19-21H,4-6,10,14-15H2,1-3H3,(H,41,46)(H,44,45)/b13-8+. The average molecular weight is 681 g/mol. The number of aromatic nitrogens is 5. The van der Waals surface area contributed by atoms with E-state index in [1.807, 2.05) is 66.6 Å². The summed E-state index contributed by atoms with van der Waals surface area (Å²) >= 11 is 3.42. The predicted octanol–water partition coefficient (Wildman–Crippen LogP) is 6.67. The Morgan fingerprint density at radius 2 is 1.89 bits per heavy atom. The number of hydrogen-bond donors (Lipinski definition) is 2. The van der Waals surface area contributed by atoms with Gasteiger partial charge in [0, 0.05) is 54.9 Å². The van der Waals surface area contributed by atoms with Crippen molar-refractivity contribution in [3.8, 4) is 17.6 Å². The summed E-state index contributed by atoms with van der Waals surface area (Å²) in [7, 11) is 3.89. The molecule has 2 N–H and O–H groups in total. The van der Waals surface area contributed by atoms with Crippen molar-refractivity contribution in [2.75, 3.05) is 0 Å². The number of fused-ring (bicyclic) bond motifs is 2. The van der Waals surface area contributed by atoms with Crippen molar-refractivity contribution in [1.82, 2.24) is 29.4 Å². The summed E-state index contributed by atoms with van der Waals surface area (Å²) in [4.78, 5) is 39.0. The van der Waals surface area contributed by atoms with Crippen molar-refractivity contribution in [3.63, 3.8) is 0 Å². The summed E-state index contributed by atoms with van der Waals surface area (Å²) in [5.41, 5.74) is 5.17. The van der Waals surface area contributed by atoms with Gasteiger partial charge >= 0.3 is 5.97 Å². The van der Waals surface area contributed by atoms with Crippen LogP contribution in [0.5, 0.6) is 0 Å². The molecule has 1 aliphatic rings. The van der Waals surface area contributed by atoms with Gasteiger partial charge in [-0.05, 0) is 95.9 Å². The molecule has 1 fully saturated rings. The molecule has 3 aromatic heterocycles. The average Bonchev–Trinajstić information content (AvgIpc) is 3.51. The summed E-state index contributed by atoms with van der Waals surface area (Å²) in [6, 6.07) is 13.8. The van der Waals surface area contributed by atoms with E-state index in [0.29, 0.717) is 17.8 Å². The molecular formula is C35H34BrN7O3. The van der Waals surface area contributed by atoms with Crippen LogP contribution in [0.25, 0.3) is 39.5 Å². The lowest BCUT2D eigenvalue weighted by Gasteiger charge is -2.41. The normalized spacial score (nSPS) is 14.8. The third-order valence-corrected chi connectivity index (χ3v) is 9.54. The van der Waals surface area contributed by atoms with E-state index in [1.54, 1.807) is 18.5 Å². The number of carbonyl (C=O) groups excluding carboxylic acids is 1. The number of nitriles is 1. The van der Waals surface area contributed by atoms with E-state index in [1.165, 1.54) is 0 Å². The lowest BCUT2D eigenvalue weighted by atomic mass is 9.75. The molecule has 234 valence electrons. The molecule has 0 spiro atoms. The van der Waals surface area contributed by atoms with Gasteiger partial charge in [-0.15, -0.1) is 0 Å². The molecule has 0 saturated heterocycles. The number of hydrogen-bond acceptors (Lipinski definition) is 6. The Morgan fingerprint density at radius 3 is 2.54 bits per heavy atom. The fourth-order valence-corrected chi connectivity index (χ4v) is 6.64. The Hall–Kier alpha value is -4.82. The summed E-state index contributed by atoms with van der Waals surface area (Å²) in [6.07, 6.45) is 10.8. The molecule has 6 rings (SSSR count). The van der Waals surface area contributed by atoms with Gasteiger partial charge in [0.2, 0.25) is 0 Å². The van der Waals surface area contributed by atoms with Gasteiger partial charge in [-0.2, -0.15) is 5.26 Å². The molecule has 10 nitrogen and oxygen atoms in total. The largest absolute Gasteiger partial charge is 0.478 e. The lowest BCUT2D eigenvalue weighted by molar-refractivity contribution is -0.131. The number of nitrogens with zero attached hydrogens (tertiary/aromatic N) is 6. The van der Waals surface area contributed by atoms with Crippen molar-refractivity contribution < 1.29 is 14.7 Å². The van der Waals surface area contributed by atoms with Crippen LogP contribution in [0.1, 0.15) is 66.3 Å². The van der Waals surface area contributed by atoms with Gasteiger partial charge in [-0.3, -0.25) is 4.79 Å². The minimum absolute atomic E-state index is 0.0479. The molecule has 0 radical (unpaired) electrons. The minimum Gasteiger partial charge on any atom is -0.478 e. The number of carboxylic acid groups (broad SMARTS) is 1. The van der Waals surface area contributed by atoms with Crippen molar-refractivity contribution in [2.24, 2.45) is 20.0 Å². The molecule has 0 aliphatic heterocycles. The SMILES string of the molecule is CCC(C#N)CCc1c(-c2ncc(Br)cn2)n(C)c2cc(C(=O)NC3(c4nc5ccc(/C=C/C(=O)O)cc5n4C)CCC3)ccc12. The van der Waals surface area contributed by atoms with E-state index in [4.69, 9.17) is 10.1 Å². The minimum atomic E-state index is -1.01. The summed E-state index contributed by atoms with van der Waals surface area (Å²) in [5.74, 6) is 0.131.